The molecule has 3 rings (SSSR count). The SMILES string of the molecule is CN1CCC(c2c[nH]c3ccccc23)C(=O)C1. The Hall–Kier alpha value is -1.61. The van der Waals surface area contributed by atoms with Crippen molar-refractivity contribution >= 4 is 16.7 Å². The maximum Gasteiger partial charge on any atom is 0.154 e. The van der Waals surface area contributed by atoms with Gasteiger partial charge in [-0.3, -0.25) is 9.69 Å². The number of ketones is 1. The van der Waals surface area contributed by atoms with E-state index in [1.165, 1.54) is 10.9 Å². The van der Waals surface area contributed by atoms with Crippen molar-refractivity contribution in [2.24, 2.45) is 0 Å². The Morgan fingerprint density at radius 1 is 1.35 bits per heavy atom. The first-order valence-corrected chi connectivity index (χ1v) is 6.03. The van der Waals surface area contributed by atoms with Crippen LogP contribution in [0.2, 0.25) is 0 Å². The summed E-state index contributed by atoms with van der Waals surface area (Å²) in [6, 6.07) is 8.18. The van der Waals surface area contributed by atoms with Gasteiger partial charge in [-0.25, -0.2) is 0 Å². The Labute approximate surface area is 100 Å². The Bertz CT molecular complexity index is 558. The molecule has 1 aromatic heterocycles. The molecule has 1 aromatic carbocycles. The van der Waals surface area contributed by atoms with Crippen LogP contribution in [0, 0.1) is 0 Å². The number of H-pyrrole nitrogens is 1. The third-order valence-electron chi connectivity index (χ3n) is 3.61. The van der Waals surface area contributed by atoms with Gasteiger partial charge in [-0.05, 0) is 31.6 Å². The van der Waals surface area contributed by atoms with Gasteiger partial charge < -0.3 is 4.98 Å². The Balaban J connectivity index is 2.01. The van der Waals surface area contributed by atoms with Crippen LogP contribution in [0.15, 0.2) is 30.5 Å². The molecule has 1 fully saturated rings. The largest absolute Gasteiger partial charge is 0.361 e. The lowest BCUT2D eigenvalue weighted by atomic mass is 9.88. The molecule has 2 aromatic rings. The highest BCUT2D eigenvalue weighted by Gasteiger charge is 2.28. The number of carbonyl (C=O) groups excluding carboxylic acids is 1. The monoisotopic (exact) mass is 228 g/mol. The van der Waals surface area contributed by atoms with E-state index in [2.05, 4.69) is 22.0 Å². The molecule has 0 bridgehead atoms. The van der Waals surface area contributed by atoms with Crippen molar-refractivity contribution < 1.29 is 4.79 Å². The molecule has 1 unspecified atom stereocenters. The Kier molecular flexibility index (Phi) is 2.48. The molecule has 88 valence electrons. The molecule has 1 aliphatic heterocycles. The predicted molar refractivity (Wildman–Crippen MR) is 68.2 cm³/mol. The zero-order valence-corrected chi connectivity index (χ0v) is 9.94. The van der Waals surface area contributed by atoms with Crippen LogP contribution in [0.25, 0.3) is 10.9 Å². The van der Waals surface area contributed by atoms with Gasteiger partial charge in [0.15, 0.2) is 5.78 Å². The van der Waals surface area contributed by atoms with Gasteiger partial charge >= 0.3 is 0 Å². The van der Waals surface area contributed by atoms with Crippen LogP contribution in [-0.2, 0) is 4.79 Å². The van der Waals surface area contributed by atoms with E-state index in [1.807, 2.05) is 25.4 Å². The number of aromatic amines is 1. The minimum absolute atomic E-state index is 0.0716. The third-order valence-corrected chi connectivity index (χ3v) is 3.61. The topological polar surface area (TPSA) is 36.1 Å². The van der Waals surface area contributed by atoms with E-state index in [0.29, 0.717) is 12.3 Å². The second kappa shape index (κ2) is 4.00. The number of piperidine rings is 1. The van der Waals surface area contributed by atoms with E-state index >= 15 is 0 Å². The number of carbonyl (C=O) groups is 1. The lowest BCUT2D eigenvalue weighted by Crippen LogP contribution is -2.37. The lowest BCUT2D eigenvalue weighted by Gasteiger charge is -2.27. The minimum atomic E-state index is 0.0716. The van der Waals surface area contributed by atoms with E-state index < -0.39 is 0 Å². The number of likely N-dealkylation sites (tertiary alicyclic amines) is 1. The number of aromatic nitrogens is 1. The maximum absolute atomic E-state index is 12.1. The number of benzene rings is 1. The summed E-state index contributed by atoms with van der Waals surface area (Å²) in [5, 5.41) is 1.19. The lowest BCUT2D eigenvalue weighted by molar-refractivity contribution is -0.123. The number of rotatable bonds is 1. The predicted octanol–water partition coefficient (Wildman–Crippen LogP) is 2.16. The number of Topliss-reactive ketones (excluding diaryl/α,β-unsaturated/α-hetero) is 1. The molecule has 1 N–H and O–H groups in total. The van der Waals surface area contributed by atoms with Crippen molar-refractivity contribution in [2.75, 3.05) is 20.1 Å². The molecule has 3 nitrogen and oxygen atoms in total. The van der Waals surface area contributed by atoms with E-state index in [1.54, 1.807) is 0 Å². The van der Waals surface area contributed by atoms with Crippen molar-refractivity contribution in [3.8, 4) is 0 Å². The average Bonchev–Trinajstić information content (AvgIpc) is 2.73. The van der Waals surface area contributed by atoms with Gasteiger partial charge in [-0.2, -0.15) is 0 Å². The van der Waals surface area contributed by atoms with Gasteiger partial charge in [0.2, 0.25) is 0 Å². The van der Waals surface area contributed by atoms with Gasteiger partial charge in [-0.15, -0.1) is 0 Å². The Morgan fingerprint density at radius 2 is 2.18 bits per heavy atom. The molecule has 17 heavy (non-hydrogen) atoms. The summed E-state index contributed by atoms with van der Waals surface area (Å²) in [6.07, 6.45) is 2.93. The smallest absolute Gasteiger partial charge is 0.154 e. The van der Waals surface area contributed by atoms with Crippen LogP contribution < -0.4 is 0 Å². The molecule has 0 aliphatic carbocycles. The molecule has 3 heteroatoms. The molecular weight excluding hydrogens is 212 g/mol. The molecule has 1 atom stereocenters. The summed E-state index contributed by atoms with van der Waals surface area (Å²) in [7, 11) is 2.00. The molecule has 2 heterocycles. The van der Waals surface area contributed by atoms with Crippen LogP contribution in [0.4, 0.5) is 0 Å². The number of hydrogen-bond donors (Lipinski definition) is 1. The zero-order valence-electron chi connectivity index (χ0n) is 9.94. The van der Waals surface area contributed by atoms with Crippen LogP contribution >= 0.6 is 0 Å². The van der Waals surface area contributed by atoms with Gasteiger partial charge in [0.05, 0.1) is 6.54 Å². The van der Waals surface area contributed by atoms with E-state index in [-0.39, 0.29) is 5.92 Å². The summed E-state index contributed by atoms with van der Waals surface area (Å²) >= 11 is 0. The van der Waals surface area contributed by atoms with Crippen molar-refractivity contribution in [1.82, 2.24) is 9.88 Å². The zero-order chi connectivity index (χ0) is 11.8. The van der Waals surface area contributed by atoms with E-state index in [4.69, 9.17) is 0 Å². The number of fused-ring (bicyclic) bond motifs is 1. The summed E-state index contributed by atoms with van der Waals surface area (Å²) < 4.78 is 0. The third kappa shape index (κ3) is 1.76. The van der Waals surface area contributed by atoms with Crippen molar-refractivity contribution in [1.29, 1.82) is 0 Å². The number of nitrogens with one attached hydrogen (secondary N) is 1. The quantitative estimate of drug-likeness (QED) is 0.812. The summed E-state index contributed by atoms with van der Waals surface area (Å²) in [5.41, 5.74) is 2.29. The second-order valence-corrected chi connectivity index (χ2v) is 4.83. The maximum atomic E-state index is 12.1. The molecule has 1 aliphatic rings. The average molecular weight is 228 g/mol. The summed E-state index contributed by atoms with van der Waals surface area (Å²) in [5.74, 6) is 0.408. The number of para-hydroxylation sites is 1. The first-order chi connectivity index (χ1) is 8.25. The number of hydrogen-bond acceptors (Lipinski definition) is 2. The number of likely N-dealkylation sites (N-methyl/N-ethyl adjacent to an activating group) is 1. The van der Waals surface area contributed by atoms with Gasteiger partial charge in [0.25, 0.3) is 0 Å². The van der Waals surface area contributed by atoms with Gasteiger partial charge in [0, 0.05) is 23.0 Å². The van der Waals surface area contributed by atoms with Crippen LogP contribution in [-0.4, -0.2) is 35.8 Å². The first-order valence-electron chi connectivity index (χ1n) is 6.03. The van der Waals surface area contributed by atoms with Crippen LogP contribution in [0.3, 0.4) is 0 Å². The normalized spacial score (nSPS) is 22.2. The fourth-order valence-electron chi connectivity index (χ4n) is 2.68. The molecule has 0 amide bonds. The highest BCUT2D eigenvalue weighted by molar-refractivity contribution is 5.94. The van der Waals surface area contributed by atoms with Crippen molar-refractivity contribution in [3.63, 3.8) is 0 Å². The summed E-state index contributed by atoms with van der Waals surface area (Å²) in [6.45, 7) is 1.57. The van der Waals surface area contributed by atoms with Crippen molar-refractivity contribution in [2.45, 2.75) is 12.3 Å². The molecule has 1 saturated heterocycles. The fourth-order valence-corrected chi connectivity index (χ4v) is 2.68. The minimum Gasteiger partial charge on any atom is -0.361 e. The Morgan fingerprint density at radius 3 is 3.00 bits per heavy atom. The molecule has 0 radical (unpaired) electrons. The van der Waals surface area contributed by atoms with Crippen LogP contribution in [0.5, 0.6) is 0 Å². The standard InChI is InChI=1S/C14H16N2O/c1-16-7-6-11(14(17)9-16)12-8-15-13-5-3-2-4-10(12)13/h2-5,8,11,15H,6-7,9H2,1H3. The fraction of sp³-hybridized carbons (Fsp3) is 0.357. The molecular formula is C14H16N2O. The van der Waals surface area contributed by atoms with Crippen molar-refractivity contribution in [3.05, 3.63) is 36.0 Å². The van der Waals surface area contributed by atoms with Gasteiger partial charge in [0.1, 0.15) is 0 Å². The molecule has 0 spiro atoms. The second-order valence-electron chi connectivity index (χ2n) is 4.83. The van der Waals surface area contributed by atoms with E-state index in [0.717, 1.165) is 18.5 Å². The highest BCUT2D eigenvalue weighted by Crippen LogP contribution is 2.30. The summed E-state index contributed by atoms with van der Waals surface area (Å²) in [4.78, 5) is 17.4. The van der Waals surface area contributed by atoms with E-state index in [9.17, 15) is 4.79 Å². The molecule has 0 saturated carbocycles. The highest BCUT2D eigenvalue weighted by atomic mass is 16.1. The van der Waals surface area contributed by atoms with Gasteiger partial charge in [-0.1, -0.05) is 18.2 Å². The van der Waals surface area contributed by atoms with Crippen LogP contribution in [0.1, 0.15) is 17.9 Å². The number of nitrogens with zero attached hydrogens (tertiary/aromatic N) is 1. The first kappa shape index (κ1) is 10.5.